The van der Waals surface area contributed by atoms with Crippen LogP contribution < -0.4 is 0 Å². The van der Waals surface area contributed by atoms with Crippen LogP contribution in [0.3, 0.4) is 0 Å². The van der Waals surface area contributed by atoms with Gasteiger partial charge in [0.25, 0.3) is 0 Å². The van der Waals surface area contributed by atoms with Crippen LogP contribution in [0.1, 0.15) is 77.6 Å². The predicted octanol–water partition coefficient (Wildman–Crippen LogP) is 4.55. The molecule has 0 unspecified atom stereocenters. The van der Waals surface area contributed by atoms with E-state index >= 15 is 0 Å². The lowest BCUT2D eigenvalue weighted by Gasteiger charge is -2.28. The summed E-state index contributed by atoms with van der Waals surface area (Å²) in [6, 6.07) is 0. The summed E-state index contributed by atoms with van der Waals surface area (Å²) in [6.45, 7) is 10.9. The van der Waals surface area contributed by atoms with E-state index in [9.17, 15) is 0 Å². The van der Waals surface area contributed by atoms with Crippen LogP contribution in [0.2, 0.25) is 0 Å². The maximum atomic E-state index is 4.30. The van der Waals surface area contributed by atoms with Gasteiger partial charge in [-0.1, -0.05) is 63.8 Å². The average Bonchev–Trinajstić information content (AvgIpc) is 3.27. The molecule has 0 aliphatic heterocycles. The fourth-order valence-electron chi connectivity index (χ4n) is 4.36. The van der Waals surface area contributed by atoms with E-state index in [-0.39, 0.29) is 0 Å². The van der Waals surface area contributed by atoms with E-state index in [0.29, 0.717) is 11.8 Å². The van der Waals surface area contributed by atoms with Crippen LogP contribution in [0.4, 0.5) is 0 Å². The molecule has 0 N–H and O–H groups in total. The van der Waals surface area contributed by atoms with Crippen LogP contribution in [0.5, 0.6) is 0 Å². The largest absolute Gasteiger partial charge is 0.252 e. The first-order chi connectivity index (χ1) is 13.5. The van der Waals surface area contributed by atoms with Crippen molar-refractivity contribution in [2.75, 3.05) is 0 Å². The van der Waals surface area contributed by atoms with Gasteiger partial charge in [0.1, 0.15) is 0 Å². The zero-order valence-corrected chi connectivity index (χ0v) is 18.2. The molecule has 0 bridgehead atoms. The first-order valence-corrected chi connectivity index (χ1v) is 11.3. The van der Waals surface area contributed by atoms with Crippen LogP contribution in [0.15, 0.2) is 12.4 Å². The molecular formula is C22H38N6. The highest BCUT2D eigenvalue weighted by molar-refractivity contribution is 4.94. The topological polar surface area (TPSA) is 61.4 Å². The Kier molecular flexibility index (Phi) is 7.63. The van der Waals surface area contributed by atoms with Crippen molar-refractivity contribution in [1.82, 2.24) is 30.0 Å². The van der Waals surface area contributed by atoms with Gasteiger partial charge in [-0.15, -0.1) is 10.2 Å². The SMILES string of the molecule is CC(C)Cc1cn(CCC2CCC(CCn3cc(CC(C)C)nn3)CC2)nn1. The molecule has 3 rings (SSSR count). The number of aryl methyl sites for hydroxylation is 2. The minimum atomic E-state index is 0.639. The third-order valence-electron chi connectivity index (χ3n) is 5.91. The van der Waals surface area contributed by atoms with Gasteiger partial charge in [0.2, 0.25) is 0 Å². The Morgan fingerprint density at radius 1 is 0.750 bits per heavy atom. The number of aromatic nitrogens is 6. The van der Waals surface area contributed by atoms with Gasteiger partial charge in [0.15, 0.2) is 0 Å². The summed E-state index contributed by atoms with van der Waals surface area (Å²) in [7, 11) is 0. The van der Waals surface area contributed by atoms with E-state index in [1.807, 2.05) is 9.36 Å². The van der Waals surface area contributed by atoms with Gasteiger partial charge in [0, 0.05) is 25.5 Å². The van der Waals surface area contributed by atoms with Crippen molar-refractivity contribution in [1.29, 1.82) is 0 Å². The van der Waals surface area contributed by atoms with Gasteiger partial charge in [-0.3, -0.25) is 9.36 Å². The minimum absolute atomic E-state index is 0.639. The zero-order chi connectivity index (χ0) is 19.9. The number of rotatable bonds is 10. The van der Waals surface area contributed by atoms with Crippen molar-refractivity contribution >= 4 is 0 Å². The first kappa shape index (κ1) is 21.0. The van der Waals surface area contributed by atoms with E-state index in [1.165, 1.54) is 38.5 Å². The summed E-state index contributed by atoms with van der Waals surface area (Å²) in [5, 5.41) is 17.2. The Hall–Kier alpha value is -1.72. The molecule has 28 heavy (non-hydrogen) atoms. The van der Waals surface area contributed by atoms with E-state index < -0.39 is 0 Å². The van der Waals surface area contributed by atoms with Gasteiger partial charge in [-0.25, -0.2) is 0 Å². The number of nitrogens with zero attached hydrogens (tertiary/aromatic N) is 6. The van der Waals surface area contributed by atoms with Gasteiger partial charge >= 0.3 is 0 Å². The average molecular weight is 387 g/mol. The highest BCUT2D eigenvalue weighted by atomic mass is 15.4. The molecule has 156 valence electrons. The second-order valence-corrected chi connectivity index (χ2v) is 9.61. The molecule has 0 atom stereocenters. The molecule has 1 aliphatic rings. The molecule has 0 radical (unpaired) electrons. The second kappa shape index (κ2) is 10.2. The normalized spacial score (nSPS) is 20.4. The van der Waals surface area contributed by atoms with Crippen molar-refractivity contribution in [3.05, 3.63) is 23.8 Å². The predicted molar refractivity (Wildman–Crippen MR) is 112 cm³/mol. The molecule has 0 spiro atoms. The van der Waals surface area contributed by atoms with Crippen LogP contribution in [0, 0.1) is 23.7 Å². The summed E-state index contributed by atoms with van der Waals surface area (Å²) in [4.78, 5) is 0. The minimum Gasteiger partial charge on any atom is -0.252 e. The highest BCUT2D eigenvalue weighted by Crippen LogP contribution is 2.33. The maximum absolute atomic E-state index is 4.30. The third-order valence-corrected chi connectivity index (χ3v) is 5.91. The van der Waals surface area contributed by atoms with E-state index in [4.69, 9.17) is 0 Å². The summed E-state index contributed by atoms with van der Waals surface area (Å²) in [5.74, 6) is 2.97. The fraction of sp³-hybridized carbons (Fsp3) is 0.818. The van der Waals surface area contributed by atoms with Gasteiger partial charge in [-0.05, 0) is 49.4 Å². The molecule has 2 aromatic rings. The molecule has 0 saturated heterocycles. The van der Waals surface area contributed by atoms with Gasteiger partial charge < -0.3 is 0 Å². The maximum Gasteiger partial charge on any atom is 0.0829 e. The Labute approximate surface area is 170 Å². The van der Waals surface area contributed by atoms with Gasteiger partial charge in [-0.2, -0.15) is 0 Å². The van der Waals surface area contributed by atoms with Crippen LogP contribution in [-0.2, 0) is 25.9 Å². The molecule has 0 amide bonds. The molecule has 1 saturated carbocycles. The highest BCUT2D eigenvalue weighted by Gasteiger charge is 2.21. The molecule has 1 aliphatic carbocycles. The number of hydrogen-bond donors (Lipinski definition) is 0. The summed E-state index contributed by atoms with van der Waals surface area (Å²) < 4.78 is 4.09. The smallest absolute Gasteiger partial charge is 0.0829 e. The Balaban J connectivity index is 1.33. The first-order valence-electron chi connectivity index (χ1n) is 11.3. The van der Waals surface area contributed by atoms with Crippen LogP contribution >= 0.6 is 0 Å². The van der Waals surface area contributed by atoms with Crippen LogP contribution in [-0.4, -0.2) is 30.0 Å². The lowest BCUT2D eigenvalue weighted by atomic mass is 9.79. The third kappa shape index (κ3) is 6.71. The van der Waals surface area contributed by atoms with Crippen LogP contribution in [0.25, 0.3) is 0 Å². The van der Waals surface area contributed by atoms with Crippen molar-refractivity contribution in [2.24, 2.45) is 23.7 Å². The zero-order valence-electron chi connectivity index (χ0n) is 18.2. The molecule has 6 heteroatoms. The summed E-state index contributed by atoms with van der Waals surface area (Å²) in [5.41, 5.74) is 2.26. The molecule has 2 aromatic heterocycles. The summed E-state index contributed by atoms with van der Waals surface area (Å²) in [6.07, 6.45) is 14.2. The lowest BCUT2D eigenvalue weighted by molar-refractivity contribution is 0.235. The molecule has 0 aromatic carbocycles. The van der Waals surface area contributed by atoms with E-state index in [2.05, 4.69) is 60.7 Å². The van der Waals surface area contributed by atoms with Crippen molar-refractivity contribution in [3.8, 4) is 0 Å². The van der Waals surface area contributed by atoms with E-state index in [0.717, 1.165) is 49.2 Å². The lowest BCUT2D eigenvalue weighted by Crippen LogP contribution is -2.18. The Morgan fingerprint density at radius 3 is 1.50 bits per heavy atom. The van der Waals surface area contributed by atoms with Crippen molar-refractivity contribution in [3.63, 3.8) is 0 Å². The van der Waals surface area contributed by atoms with Crippen molar-refractivity contribution in [2.45, 2.75) is 92.2 Å². The standard InChI is InChI=1S/C22H38N6/c1-17(2)13-21-15-27(25-23-21)11-9-19-5-7-20(8-6-19)10-12-28-16-22(24-26-28)14-18(3)4/h15-20H,5-14H2,1-4H3. The fourth-order valence-corrected chi connectivity index (χ4v) is 4.36. The number of hydrogen-bond acceptors (Lipinski definition) is 4. The molecule has 6 nitrogen and oxygen atoms in total. The monoisotopic (exact) mass is 386 g/mol. The van der Waals surface area contributed by atoms with Gasteiger partial charge in [0.05, 0.1) is 11.4 Å². The molecule has 2 heterocycles. The van der Waals surface area contributed by atoms with Crippen molar-refractivity contribution < 1.29 is 0 Å². The quantitative estimate of drug-likeness (QED) is 0.601. The second-order valence-electron chi connectivity index (χ2n) is 9.61. The molecule has 1 fully saturated rings. The molecular weight excluding hydrogens is 348 g/mol. The van der Waals surface area contributed by atoms with E-state index in [1.54, 1.807) is 0 Å². The Bertz CT molecular complexity index is 633. The Morgan fingerprint density at radius 2 is 1.14 bits per heavy atom. The summed E-state index contributed by atoms with van der Waals surface area (Å²) >= 11 is 0.